The Labute approximate surface area is 493 Å². The van der Waals surface area contributed by atoms with Crippen LogP contribution in [-0.2, 0) is 14.3 Å². The Morgan fingerprint density at radius 2 is 0.646 bits per heavy atom. The molecule has 0 saturated heterocycles. The summed E-state index contributed by atoms with van der Waals surface area (Å²) in [6, 6.07) is -0.630. The van der Waals surface area contributed by atoms with E-state index in [4.69, 9.17) is 4.74 Å². The zero-order valence-electron chi connectivity index (χ0n) is 53.1. The molecule has 2 unspecified atom stereocenters. The second-order valence-corrected chi connectivity index (χ2v) is 24.2. The van der Waals surface area contributed by atoms with Crippen LogP contribution in [0.3, 0.4) is 0 Å². The Balaban J connectivity index is 3.44. The Morgan fingerprint density at radius 1 is 0.354 bits per heavy atom. The van der Waals surface area contributed by atoms with Gasteiger partial charge in [0.05, 0.1) is 25.4 Å². The molecule has 1 amide bonds. The minimum Gasteiger partial charge on any atom is -0.466 e. The molecular formula is C73H137NO5. The third kappa shape index (κ3) is 64.8. The molecule has 0 aromatic rings. The molecule has 0 aromatic carbocycles. The Kier molecular flexibility index (Phi) is 66.4. The number of hydrogen-bond donors (Lipinski definition) is 3. The summed E-state index contributed by atoms with van der Waals surface area (Å²) in [6.07, 6.45) is 89.1. The zero-order valence-corrected chi connectivity index (χ0v) is 53.1. The van der Waals surface area contributed by atoms with Gasteiger partial charge in [0.1, 0.15) is 0 Å². The maximum Gasteiger partial charge on any atom is 0.305 e. The zero-order chi connectivity index (χ0) is 57.1. The van der Waals surface area contributed by atoms with Gasteiger partial charge in [-0.1, -0.05) is 332 Å². The molecule has 0 fully saturated rings. The molecule has 0 heterocycles. The highest BCUT2D eigenvalue weighted by Crippen LogP contribution is 2.18. The molecule has 0 bridgehead atoms. The average Bonchev–Trinajstić information content (AvgIpc) is 3.45. The Bertz CT molecular complexity index is 1320. The topological polar surface area (TPSA) is 95.9 Å². The third-order valence-electron chi connectivity index (χ3n) is 16.3. The van der Waals surface area contributed by atoms with E-state index in [1.807, 2.05) is 6.08 Å². The summed E-state index contributed by atoms with van der Waals surface area (Å²) < 4.78 is 5.46. The van der Waals surface area contributed by atoms with Crippen LogP contribution in [0.15, 0.2) is 48.6 Å². The van der Waals surface area contributed by atoms with Crippen molar-refractivity contribution in [2.45, 2.75) is 392 Å². The van der Waals surface area contributed by atoms with E-state index in [1.165, 1.54) is 302 Å². The first-order valence-electron chi connectivity index (χ1n) is 35.4. The number of carbonyl (C=O) groups is 2. The predicted molar refractivity (Wildman–Crippen MR) is 347 cm³/mol. The molecule has 0 radical (unpaired) electrons. The molecule has 0 aromatic heterocycles. The van der Waals surface area contributed by atoms with Crippen molar-refractivity contribution < 1.29 is 24.5 Å². The fraction of sp³-hybridized carbons (Fsp3) is 0.863. The molecule has 3 N–H and O–H groups in total. The first kappa shape index (κ1) is 76.8. The van der Waals surface area contributed by atoms with Crippen LogP contribution >= 0.6 is 0 Å². The molecule has 0 aliphatic rings. The van der Waals surface area contributed by atoms with E-state index in [-0.39, 0.29) is 18.5 Å². The average molecular weight is 1110 g/mol. The van der Waals surface area contributed by atoms with Crippen molar-refractivity contribution >= 4 is 11.9 Å². The summed E-state index contributed by atoms with van der Waals surface area (Å²) in [5.74, 6) is -0.0651. The van der Waals surface area contributed by atoms with Crippen molar-refractivity contribution in [3.8, 4) is 0 Å². The van der Waals surface area contributed by atoms with Crippen LogP contribution in [0.2, 0.25) is 0 Å². The number of rotatable bonds is 66. The second kappa shape index (κ2) is 68.3. The van der Waals surface area contributed by atoms with Crippen molar-refractivity contribution in [2.75, 3.05) is 13.2 Å². The van der Waals surface area contributed by atoms with Gasteiger partial charge >= 0.3 is 5.97 Å². The molecule has 0 aliphatic heterocycles. The summed E-state index contributed by atoms with van der Waals surface area (Å²) in [4.78, 5) is 24.5. The van der Waals surface area contributed by atoms with Gasteiger partial charge in [0.25, 0.3) is 0 Å². The van der Waals surface area contributed by atoms with Crippen LogP contribution in [-0.4, -0.2) is 47.4 Å². The molecule has 0 rings (SSSR count). The number of hydrogen-bond acceptors (Lipinski definition) is 5. The maximum atomic E-state index is 12.5. The number of nitrogens with one attached hydrogen (secondary N) is 1. The molecule has 464 valence electrons. The SMILES string of the molecule is CCCC/C=C\CCCCCCCC(=O)OCCCCCCCCCCC/C=C\C/C=C\CCCCCCCCCCCCCCCC(=O)NC(CO)C(O)/C=C/CCCCCCCCCCCCCCCCCCCCCC. The van der Waals surface area contributed by atoms with Crippen molar-refractivity contribution in [3.63, 3.8) is 0 Å². The van der Waals surface area contributed by atoms with E-state index in [1.54, 1.807) is 6.08 Å². The smallest absolute Gasteiger partial charge is 0.305 e. The van der Waals surface area contributed by atoms with Crippen molar-refractivity contribution in [3.05, 3.63) is 48.6 Å². The minimum atomic E-state index is -0.847. The van der Waals surface area contributed by atoms with E-state index >= 15 is 0 Å². The predicted octanol–water partition coefficient (Wildman–Crippen LogP) is 22.9. The summed E-state index contributed by atoms with van der Waals surface area (Å²) in [5, 5.41) is 23.3. The van der Waals surface area contributed by atoms with Crippen LogP contribution < -0.4 is 5.32 Å². The van der Waals surface area contributed by atoms with Gasteiger partial charge in [-0.25, -0.2) is 0 Å². The summed E-state index contributed by atoms with van der Waals surface area (Å²) in [5.41, 5.74) is 0. The van der Waals surface area contributed by atoms with Crippen molar-refractivity contribution in [1.82, 2.24) is 5.32 Å². The largest absolute Gasteiger partial charge is 0.466 e. The van der Waals surface area contributed by atoms with Crippen LogP contribution in [0.1, 0.15) is 380 Å². The van der Waals surface area contributed by atoms with Gasteiger partial charge in [-0.05, 0) is 83.5 Å². The number of aliphatic hydroxyl groups is 2. The van der Waals surface area contributed by atoms with Crippen LogP contribution in [0.5, 0.6) is 0 Å². The number of ether oxygens (including phenoxy) is 1. The molecule has 2 atom stereocenters. The van der Waals surface area contributed by atoms with E-state index in [2.05, 4.69) is 55.6 Å². The lowest BCUT2D eigenvalue weighted by Gasteiger charge is -2.20. The van der Waals surface area contributed by atoms with Gasteiger partial charge in [-0.15, -0.1) is 0 Å². The number of allylic oxidation sites excluding steroid dienone is 7. The van der Waals surface area contributed by atoms with Gasteiger partial charge in [0.15, 0.2) is 0 Å². The molecular weight excluding hydrogens is 971 g/mol. The number of aliphatic hydroxyl groups excluding tert-OH is 2. The molecule has 0 saturated carbocycles. The number of esters is 1. The lowest BCUT2D eigenvalue weighted by Crippen LogP contribution is -2.45. The van der Waals surface area contributed by atoms with Gasteiger partial charge in [-0.2, -0.15) is 0 Å². The monoisotopic (exact) mass is 1110 g/mol. The summed E-state index contributed by atoms with van der Waals surface area (Å²) in [7, 11) is 0. The van der Waals surface area contributed by atoms with Gasteiger partial charge in [0, 0.05) is 12.8 Å². The third-order valence-corrected chi connectivity index (χ3v) is 16.3. The summed E-state index contributed by atoms with van der Waals surface area (Å²) >= 11 is 0. The standard InChI is InChI=1S/C73H137NO5/c1-3-5-7-9-11-13-15-16-17-18-19-20-30-33-36-39-42-46-49-53-57-61-65-71(76)70(69-75)74-72(77)66-62-58-54-50-47-43-40-37-34-31-28-26-24-22-21-23-25-27-29-32-35-38-41-44-48-52-56-60-64-68-79-73(78)67-63-59-55-51-45-14-12-10-8-6-4-2/h10,12,21,23,27,29,61,65,70-71,75-76H,3-9,11,13-20,22,24-26,28,30-60,62-64,66-69H2,1-2H3,(H,74,77)/b12-10-,23-21-,29-27-,65-61+. The van der Waals surface area contributed by atoms with Crippen LogP contribution in [0.4, 0.5) is 0 Å². The number of amides is 1. The van der Waals surface area contributed by atoms with Crippen molar-refractivity contribution in [1.29, 1.82) is 0 Å². The maximum absolute atomic E-state index is 12.5. The summed E-state index contributed by atoms with van der Waals surface area (Å²) in [6.45, 7) is 4.89. The lowest BCUT2D eigenvalue weighted by molar-refractivity contribution is -0.143. The second-order valence-electron chi connectivity index (χ2n) is 24.2. The minimum absolute atomic E-state index is 0.000588. The van der Waals surface area contributed by atoms with E-state index < -0.39 is 12.1 Å². The van der Waals surface area contributed by atoms with Crippen molar-refractivity contribution in [2.24, 2.45) is 0 Å². The van der Waals surface area contributed by atoms with E-state index in [9.17, 15) is 19.8 Å². The van der Waals surface area contributed by atoms with Gasteiger partial charge < -0.3 is 20.3 Å². The molecule has 6 heteroatoms. The van der Waals surface area contributed by atoms with Gasteiger partial charge in [0.2, 0.25) is 5.91 Å². The van der Waals surface area contributed by atoms with E-state index in [0.717, 1.165) is 51.4 Å². The lowest BCUT2D eigenvalue weighted by atomic mass is 10.0. The highest BCUT2D eigenvalue weighted by Gasteiger charge is 2.18. The van der Waals surface area contributed by atoms with E-state index in [0.29, 0.717) is 19.4 Å². The number of unbranched alkanes of at least 4 members (excludes halogenated alkanes) is 49. The fourth-order valence-corrected chi connectivity index (χ4v) is 10.9. The number of carbonyl (C=O) groups excluding carboxylic acids is 2. The van der Waals surface area contributed by atoms with Gasteiger partial charge in [-0.3, -0.25) is 9.59 Å². The first-order chi connectivity index (χ1) is 39.0. The fourth-order valence-electron chi connectivity index (χ4n) is 10.9. The van der Waals surface area contributed by atoms with Crippen LogP contribution in [0.25, 0.3) is 0 Å². The molecule has 0 spiro atoms. The molecule has 79 heavy (non-hydrogen) atoms. The molecule has 6 nitrogen and oxygen atoms in total. The van der Waals surface area contributed by atoms with Crippen LogP contribution in [0, 0.1) is 0 Å². The normalized spacial score (nSPS) is 12.8. The highest BCUT2D eigenvalue weighted by atomic mass is 16.5. The quantitative estimate of drug-likeness (QED) is 0.0320. The highest BCUT2D eigenvalue weighted by molar-refractivity contribution is 5.76. The Morgan fingerprint density at radius 3 is 1.01 bits per heavy atom. The molecule has 0 aliphatic carbocycles. The first-order valence-corrected chi connectivity index (χ1v) is 35.4. The Hall–Kier alpha value is -2.18.